The molecule has 2 aromatic rings. The summed E-state index contributed by atoms with van der Waals surface area (Å²) in [6, 6.07) is 7.05. The smallest absolute Gasteiger partial charge is 0.123 e. The van der Waals surface area contributed by atoms with Crippen molar-refractivity contribution < 1.29 is 9.50 Å². The summed E-state index contributed by atoms with van der Waals surface area (Å²) >= 11 is 0. The fourth-order valence-electron chi connectivity index (χ4n) is 3.09. The maximum atomic E-state index is 13.5. The van der Waals surface area contributed by atoms with Gasteiger partial charge in [-0.25, -0.2) is 4.39 Å². The summed E-state index contributed by atoms with van der Waals surface area (Å²) in [5.74, 6) is -0.230. The molecule has 22 heavy (non-hydrogen) atoms. The first kappa shape index (κ1) is 15.2. The first-order valence-electron chi connectivity index (χ1n) is 7.73. The minimum atomic E-state index is -0.367. The Morgan fingerprint density at radius 1 is 1.41 bits per heavy atom. The summed E-state index contributed by atoms with van der Waals surface area (Å²) in [5.41, 5.74) is 2.04. The number of aliphatic hydroxyl groups is 1. The quantitative estimate of drug-likeness (QED) is 0.944. The molecule has 0 bridgehead atoms. The minimum Gasteiger partial charge on any atom is -0.392 e. The Balaban J connectivity index is 1.78. The summed E-state index contributed by atoms with van der Waals surface area (Å²) in [6.07, 6.45) is 4.18. The molecule has 5 heteroatoms. The second-order valence-corrected chi connectivity index (χ2v) is 6.31. The van der Waals surface area contributed by atoms with Gasteiger partial charge in [-0.3, -0.25) is 9.58 Å². The Bertz CT molecular complexity index is 640. The number of hydrogen-bond donors (Lipinski definition) is 1. The second-order valence-electron chi connectivity index (χ2n) is 6.31. The van der Waals surface area contributed by atoms with Crippen LogP contribution in [0, 0.1) is 5.82 Å². The van der Waals surface area contributed by atoms with E-state index in [2.05, 4.69) is 23.8 Å². The zero-order valence-electron chi connectivity index (χ0n) is 13.0. The van der Waals surface area contributed by atoms with Gasteiger partial charge >= 0.3 is 0 Å². The van der Waals surface area contributed by atoms with Gasteiger partial charge in [0, 0.05) is 36.9 Å². The van der Waals surface area contributed by atoms with Crippen molar-refractivity contribution in [2.75, 3.05) is 6.54 Å². The number of rotatable bonds is 4. The van der Waals surface area contributed by atoms with Crippen LogP contribution >= 0.6 is 0 Å². The lowest BCUT2D eigenvalue weighted by atomic mass is 10.0. The van der Waals surface area contributed by atoms with Crippen LogP contribution in [0.3, 0.4) is 0 Å². The van der Waals surface area contributed by atoms with Gasteiger partial charge in [-0.2, -0.15) is 5.10 Å². The standard InChI is InChI=1S/C17H22FN3O/c1-12(2)21-10-13(8-19-21)9-20-11-16(22)7-17(20)14-4-3-5-15(18)6-14/h3-6,8,10,12,16-17,22H,7,9,11H2,1-2H3/t16-,17+/m0/s1. The van der Waals surface area contributed by atoms with Crippen molar-refractivity contribution in [3.8, 4) is 0 Å². The SMILES string of the molecule is CC(C)n1cc(CN2C[C@@H](O)C[C@@H]2c2cccc(F)c2)cn1. The molecule has 1 aliphatic heterocycles. The molecular formula is C17H22FN3O. The number of nitrogens with zero attached hydrogens (tertiary/aromatic N) is 3. The van der Waals surface area contributed by atoms with Gasteiger partial charge in [-0.05, 0) is 38.0 Å². The van der Waals surface area contributed by atoms with E-state index in [-0.39, 0.29) is 18.0 Å². The zero-order chi connectivity index (χ0) is 15.7. The van der Waals surface area contributed by atoms with Gasteiger partial charge in [0.25, 0.3) is 0 Å². The van der Waals surface area contributed by atoms with E-state index >= 15 is 0 Å². The number of β-amino-alcohol motifs (C(OH)–C–C–N with tert-alkyl or cyclic N) is 1. The average Bonchev–Trinajstić information content (AvgIpc) is 3.06. The first-order valence-corrected chi connectivity index (χ1v) is 7.73. The van der Waals surface area contributed by atoms with E-state index in [1.165, 1.54) is 6.07 Å². The second kappa shape index (κ2) is 6.18. The Kier molecular flexibility index (Phi) is 4.27. The molecule has 0 aliphatic carbocycles. The highest BCUT2D eigenvalue weighted by Crippen LogP contribution is 2.33. The van der Waals surface area contributed by atoms with E-state index < -0.39 is 0 Å². The number of halogens is 1. The van der Waals surface area contributed by atoms with Gasteiger partial charge in [-0.15, -0.1) is 0 Å². The lowest BCUT2D eigenvalue weighted by Gasteiger charge is -2.24. The molecule has 2 atom stereocenters. The van der Waals surface area contributed by atoms with Crippen molar-refractivity contribution in [1.82, 2.24) is 14.7 Å². The summed E-state index contributed by atoms with van der Waals surface area (Å²) in [7, 11) is 0. The molecule has 1 aromatic heterocycles. The van der Waals surface area contributed by atoms with Crippen molar-refractivity contribution >= 4 is 0 Å². The number of likely N-dealkylation sites (tertiary alicyclic amines) is 1. The lowest BCUT2D eigenvalue weighted by Crippen LogP contribution is -2.24. The summed E-state index contributed by atoms with van der Waals surface area (Å²) in [5, 5.41) is 14.4. The van der Waals surface area contributed by atoms with Crippen molar-refractivity contribution in [1.29, 1.82) is 0 Å². The number of benzene rings is 1. The normalized spacial score (nSPS) is 22.6. The molecule has 1 fully saturated rings. The third kappa shape index (κ3) is 3.20. The van der Waals surface area contributed by atoms with Gasteiger partial charge in [0.15, 0.2) is 0 Å². The van der Waals surface area contributed by atoms with E-state index in [1.54, 1.807) is 12.1 Å². The molecule has 1 N–H and O–H groups in total. The third-order valence-corrected chi connectivity index (χ3v) is 4.18. The van der Waals surface area contributed by atoms with Crippen LogP contribution in [0.2, 0.25) is 0 Å². The largest absolute Gasteiger partial charge is 0.392 e. The van der Waals surface area contributed by atoms with Crippen molar-refractivity contribution in [2.45, 2.75) is 45.0 Å². The van der Waals surface area contributed by atoms with Gasteiger partial charge < -0.3 is 5.11 Å². The van der Waals surface area contributed by atoms with Crippen LogP contribution in [0.1, 0.15) is 43.5 Å². The summed E-state index contributed by atoms with van der Waals surface area (Å²) in [4.78, 5) is 2.20. The zero-order valence-corrected chi connectivity index (χ0v) is 13.0. The van der Waals surface area contributed by atoms with Gasteiger partial charge in [0.05, 0.1) is 12.3 Å². The first-order chi connectivity index (χ1) is 10.5. The number of aliphatic hydroxyl groups excluding tert-OH is 1. The average molecular weight is 303 g/mol. The summed E-state index contributed by atoms with van der Waals surface area (Å²) in [6.45, 7) is 5.50. The van der Waals surface area contributed by atoms with Crippen LogP contribution in [0.5, 0.6) is 0 Å². The molecule has 0 spiro atoms. The van der Waals surface area contributed by atoms with Crippen LogP contribution in [0.4, 0.5) is 4.39 Å². The molecule has 2 heterocycles. The molecule has 0 saturated carbocycles. The monoisotopic (exact) mass is 303 g/mol. The van der Waals surface area contributed by atoms with E-state index in [4.69, 9.17) is 0 Å². The fourth-order valence-corrected chi connectivity index (χ4v) is 3.09. The number of aromatic nitrogens is 2. The van der Waals surface area contributed by atoms with Gasteiger partial charge in [0.1, 0.15) is 5.82 Å². The van der Waals surface area contributed by atoms with E-state index in [1.807, 2.05) is 23.1 Å². The van der Waals surface area contributed by atoms with Crippen molar-refractivity contribution in [3.05, 3.63) is 53.6 Å². The van der Waals surface area contributed by atoms with Crippen LogP contribution in [0.25, 0.3) is 0 Å². The number of hydrogen-bond acceptors (Lipinski definition) is 3. The third-order valence-electron chi connectivity index (χ3n) is 4.18. The molecule has 0 amide bonds. The van der Waals surface area contributed by atoms with Gasteiger partial charge in [0.2, 0.25) is 0 Å². The van der Waals surface area contributed by atoms with Crippen LogP contribution in [0.15, 0.2) is 36.7 Å². The maximum absolute atomic E-state index is 13.5. The minimum absolute atomic E-state index is 0.0492. The lowest BCUT2D eigenvalue weighted by molar-refractivity contribution is 0.172. The molecular weight excluding hydrogens is 281 g/mol. The van der Waals surface area contributed by atoms with Crippen molar-refractivity contribution in [2.24, 2.45) is 0 Å². The van der Waals surface area contributed by atoms with Crippen LogP contribution in [-0.2, 0) is 6.54 Å². The molecule has 1 aromatic carbocycles. The Morgan fingerprint density at radius 3 is 2.91 bits per heavy atom. The van der Waals surface area contributed by atoms with Crippen LogP contribution < -0.4 is 0 Å². The molecule has 1 aliphatic rings. The summed E-state index contributed by atoms with van der Waals surface area (Å²) < 4.78 is 15.4. The molecule has 0 radical (unpaired) electrons. The topological polar surface area (TPSA) is 41.3 Å². The maximum Gasteiger partial charge on any atom is 0.123 e. The highest BCUT2D eigenvalue weighted by atomic mass is 19.1. The molecule has 3 rings (SSSR count). The Morgan fingerprint density at radius 2 is 2.23 bits per heavy atom. The highest BCUT2D eigenvalue weighted by molar-refractivity contribution is 5.22. The predicted octanol–water partition coefficient (Wildman–Crippen LogP) is 2.91. The molecule has 0 unspecified atom stereocenters. The molecule has 1 saturated heterocycles. The van der Waals surface area contributed by atoms with Crippen LogP contribution in [-0.4, -0.2) is 32.4 Å². The van der Waals surface area contributed by atoms with E-state index in [0.717, 1.165) is 11.1 Å². The van der Waals surface area contributed by atoms with Gasteiger partial charge in [-0.1, -0.05) is 12.1 Å². The van der Waals surface area contributed by atoms with Crippen molar-refractivity contribution in [3.63, 3.8) is 0 Å². The Labute approximate surface area is 130 Å². The highest BCUT2D eigenvalue weighted by Gasteiger charge is 2.32. The van der Waals surface area contributed by atoms with E-state index in [9.17, 15) is 9.50 Å². The molecule has 4 nitrogen and oxygen atoms in total. The van der Waals surface area contributed by atoms with E-state index in [0.29, 0.717) is 25.6 Å². The fraction of sp³-hybridized carbons (Fsp3) is 0.471. The predicted molar refractivity (Wildman–Crippen MR) is 82.8 cm³/mol. The Hall–Kier alpha value is -1.72. The molecule has 118 valence electrons.